The third-order valence-electron chi connectivity index (χ3n) is 3.81. The highest BCUT2D eigenvalue weighted by molar-refractivity contribution is 5.61. The number of rotatable bonds is 3. The predicted molar refractivity (Wildman–Crippen MR) is 81.1 cm³/mol. The van der Waals surface area contributed by atoms with Gasteiger partial charge in [-0.25, -0.2) is 0 Å². The zero-order valence-electron chi connectivity index (χ0n) is 12.6. The Morgan fingerprint density at radius 1 is 1.37 bits per heavy atom. The first-order valence-electron chi connectivity index (χ1n) is 7.28. The third kappa shape index (κ3) is 3.03. The Labute approximate surface area is 116 Å². The maximum atomic E-state index is 5.81. The Kier molecular flexibility index (Phi) is 4.35. The molecule has 1 fully saturated rings. The van der Waals surface area contributed by atoms with Gasteiger partial charge < -0.3 is 15.0 Å². The Hall–Kier alpha value is -1.22. The van der Waals surface area contributed by atoms with Gasteiger partial charge in [0.1, 0.15) is 5.75 Å². The van der Waals surface area contributed by atoms with Crippen molar-refractivity contribution in [2.75, 3.05) is 24.6 Å². The third-order valence-corrected chi connectivity index (χ3v) is 3.81. The van der Waals surface area contributed by atoms with E-state index in [2.05, 4.69) is 49.2 Å². The van der Waals surface area contributed by atoms with E-state index in [0.717, 1.165) is 25.3 Å². The second kappa shape index (κ2) is 5.83. The standard InChI is InChI=1S/C16H26N2O/c1-5-19-15-9-7-6-8-14(15)18-13(2)10-11-17-12-16(18,3)4/h6-9,13,17H,5,10-12H2,1-4H3. The summed E-state index contributed by atoms with van der Waals surface area (Å²) in [6, 6.07) is 8.89. The van der Waals surface area contributed by atoms with Crippen LogP contribution in [-0.2, 0) is 0 Å². The number of hydrogen-bond acceptors (Lipinski definition) is 3. The molecule has 1 heterocycles. The van der Waals surface area contributed by atoms with Gasteiger partial charge in [0.15, 0.2) is 0 Å². The number of nitrogens with one attached hydrogen (secondary N) is 1. The molecule has 1 aliphatic heterocycles. The van der Waals surface area contributed by atoms with Gasteiger partial charge in [-0.15, -0.1) is 0 Å². The number of hydrogen-bond donors (Lipinski definition) is 1. The number of para-hydroxylation sites is 2. The molecule has 1 aliphatic rings. The number of benzene rings is 1. The maximum absolute atomic E-state index is 5.81. The van der Waals surface area contributed by atoms with Crippen molar-refractivity contribution in [1.29, 1.82) is 0 Å². The highest BCUT2D eigenvalue weighted by Gasteiger charge is 2.34. The van der Waals surface area contributed by atoms with Gasteiger partial charge in [-0.1, -0.05) is 12.1 Å². The molecule has 1 unspecified atom stereocenters. The monoisotopic (exact) mass is 262 g/mol. The lowest BCUT2D eigenvalue weighted by atomic mass is 9.99. The van der Waals surface area contributed by atoms with Gasteiger partial charge >= 0.3 is 0 Å². The molecule has 1 aromatic rings. The summed E-state index contributed by atoms with van der Waals surface area (Å²) in [6.07, 6.45) is 1.16. The minimum Gasteiger partial charge on any atom is -0.492 e. The summed E-state index contributed by atoms with van der Waals surface area (Å²) >= 11 is 0. The average molecular weight is 262 g/mol. The van der Waals surface area contributed by atoms with Crippen molar-refractivity contribution in [2.24, 2.45) is 0 Å². The van der Waals surface area contributed by atoms with E-state index < -0.39 is 0 Å². The van der Waals surface area contributed by atoms with Crippen LogP contribution in [0.4, 0.5) is 5.69 Å². The number of anilines is 1. The summed E-state index contributed by atoms with van der Waals surface area (Å²) < 4.78 is 5.81. The molecular weight excluding hydrogens is 236 g/mol. The van der Waals surface area contributed by atoms with Crippen LogP contribution >= 0.6 is 0 Å². The average Bonchev–Trinajstić information content (AvgIpc) is 2.49. The molecule has 3 nitrogen and oxygen atoms in total. The minimum absolute atomic E-state index is 0.0864. The molecule has 2 rings (SSSR count). The lowest BCUT2D eigenvalue weighted by molar-refractivity contribution is 0.335. The summed E-state index contributed by atoms with van der Waals surface area (Å²) in [5.74, 6) is 0.992. The molecule has 0 aromatic heterocycles. The minimum atomic E-state index is 0.0864. The quantitative estimate of drug-likeness (QED) is 0.906. The molecule has 0 bridgehead atoms. The summed E-state index contributed by atoms with van der Waals surface area (Å²) in [4.78, 5) is 2.51. The van der Waals surface area contributed by atoms with Crippen LogP contribution in [0.3, 0.4) is 0 Å². The predicted octanol–water partition coefficient (Wildman–Crippen LogP) is 3.05. The molecule has 106 valence electrons. The molecule has 0 spiro atoms. The summed E-state index contributed by atoms with van der Waals surface area (Å²) in [5, 5.41) is 3.54. The first kappa shape index (κ1) is 14.2. The van der Waals surface area contributed by atoms with Crippen molar-refractivity contribution < 1.29 is 4.74 Å². The van der Waals surface area contributed by atoms with E-state index in [4.69, 9.17) is 4.74 Å². The number of ether oxygens (including phenoxy) is 1. The van der Waals surface area contributed by atoms with E-state index in [0.29, 0.717) is 12.6 Å². The van der Waals surface area contributed by atoms with Crippen LogP contribution in [-0.4, -0.2) is 31.3 Å². The van der Waals surface area contributed by atoms with E-state index in [-0.39, 0.29) is 5.54 Å². The number of nitrogens with zero attached hydrogens (tertiary/aromatic N) is 1. The van der Waals surface area contributed by atoms with Gasteiger partial charge in [-0.05, 0) is 52.8 Å². The van der Waals surface area contributed by atoms with E-state index >= 15 is 0 Å². The zero-order valence-corrected chi connectivity index (χ0v) is 12.6. The summed E-state index contributed by atoms with van der Waals surface area (Å²) in [5.41, 5.74) is 1.30. The van der Waals surface area contributed by atoms with Crippen molar-refractivity contribution in [3.8, 4) is 5.75 Å². The van der Waals surface area contributed by atoms with Crippen molar-refractivity contribution in [2.45, 2.75) is 45.7 Å². The Morgan fingerprint density at radius 2 is 2.11 bits per heavy atom. The molecule has 0 amide bonds. The normalized spacial score (nSPS) is 22.9. The smallest absolute Gasteiger partial charge is 0.142 e. The second-order valence-corrected chi connectivity index (χ2v) is 5.90. The Balaban J connectivity index is 2.41. The van der Waals surface area contributed by atoms with Crippen LogP contribution in [0.15, 0.2) is 24.3 Å². The van der Waals surface area contributed by atoms with Gasteiger partial charge in [0, 0.05) is 18.1 Å². The van der Waals surface area contributed by atoms with Crippen LogP contribution in [0.2, 0.25) is 0 Å². The molecule has 0 saturated carbocycles. The van der Waals surface area contributed by atoms with Gasteiger partial charge in [0.05, 0.1) is 12.3 Å². The Morgan fingerprint density at radius 3 is 2.84 bits per heavy atom. The topological polar surface area (TPSA) is 24.5 Å². The van der Waals surface area contributed by atoms with E-state index in [1.165, 1.54) is 5.69 Å². The second-order valence-electron chi connectivity index (χ2n) is 5.90. The zero-order chi connectivity index (χ0) is 13.9. The molecule has 0 radical (unpaired) electrons. The first-order chi connectivity index (χ1) is 9.06. The largest absolute Gasteiger partial charge is 0.492 e. The van der Waals surface area contributed by atoms with Crippen LogP contribution < -0.4 is 15.0 Å². The molecule has 1 saturated heterocycles. The van der Waals surface area contributed by atoms with Crippen molar-refractivity contribution in [3.05, 3.63) is 24.3 Å². The van der Waals surface area contributed by atoms with Gasteiger partial charge in [0.2, 0.25) is 0 Å². The van der Waals surface area contributed by atoms with Crippen LogP contribution in [0.25, 0.3) is 0 Å². The Bertz CT molecular complexity index is 417. The van der Waals surface area contributed by atoms with Crippen molar-refractivity contribution in [3.63, 3.8) is 0 Å². The van der Waals surface area contributed by atoms with E-state index in [9.17, 15) is 0 Å². The summed E-state index contributed by atoms with van der Waals surface area (Å²) in [7, 11) is 0. The fourth-order valence-electron chi connectivity index (χ4n) is 3.01. The molecule has 0 aliphatic carbocycles. The van der Waals surface area contributed by atoms with E-state index in [1.807, 2.05) is 13.0 Å². The highest BCUT2D eigenvalue weighted by atomic mass is 16.5. The lowest BCUT2D eigenvalue weighted by Gasteiger charge is -2.43. The van der Waals surface area contributed by atoms with Crippen molar-refractivity contribution in [1.82, 2.24) is 5.32 Å². The molecular formula is C16H26N2O. The lowest BCUT2D eigenvalue weighted by Crippen LogP contribution is -2.52. The van der Waals surface area contributed by atoms with Gasteiger partial charge in [-0.2, -0.15) is 0 Å². The fraction of sp³-hybridized carbons (Fsp3) is 0.625. The maximum Gasteiger partial charge on any atom is 0.142 e. The molecule has 19 heavy (non-hydrogen) atoms. The molecule has 1 atom stereocenters. The van der Waals surface area contributed by atoms with Crippen LogP contribution in [0, 0.1) is 0 Å². The first-order valence-corrected chi connectivity index (χ1v) is 7.28. The van der Waals surface area contributed by atoms with Gasteiger partial charge in [0.25, 0.3) is 0 Å². The van der Waals surface area contributed by atoms with Gasteiger partial charge in [-0.3, -0.25) is 0 Å². The molecule has 3 heteroatoms. The van der Waals surface area contributed by atoms with E-state index in [1.54, 1.807) is 0 Å². The van der Waals surface area contributed by atoms with Crippen LogP contribution in [0.1, 0.15) is 34.1 Å². The molecule has 1 N–H and O–H groups in total. The SMILES string of the molecule is CCOc1ccccc1N1C(C)CCNCC1(C)C. The van der Waals surface area contributed by atoms with Crippen molar-refractivity contribution >= 4 is 5.69 Å². The molecule has 1 aromatic carbocycles. The highest BCUT2D eigenvalue weighted by Crippen LogP contribution is 2.36. The fourth-order valence-corrected chi connectivity index (χ4v) is 3.01. The van der Waals surface area contributed by atoms with Crippen LogP contribution in [0.5, 0.6) is 5.75 Å². The summed E-state index contributed by atoms with van der Waals surface area (Å²) in [6.45, 7) is 11.7.